The molecule has 1 saturated carbocycles. The lowest BCUT2D eigenvalue weighted by atomic mass is 9.95. The minimum Gasteiger partial charge on any atom is -0.380 e. The van der Waals surface area contributed by atoms with Crippen molar-refractivity contribution in [3.8, 4) is 0 Å². The van der Waals surface area contributed by atoms with Crippen LogP contribution >= 0.6 is 0 Å². The first-order valence-corrected chi connectivity index (χ1v) is 8.80. The van der Waals surface area contributed by atoms with Gasteiger partial charge in [-0.25, -0.2) is 0 Å². The molecule has 1 N–H and O–H groups in total. The van der Waals surface area contributed by atoms with E-state index >= 15 is 0 Å². The van der Waals surface area contributed by atoms with Crippen molar-refractivity contribution in [3.63, 3.8) is 0 Å². The van der Waals surface area contributed by atoms with Crippen molar-refractivity contribution < 1.29 is 14.3 Å². The van der Waals surface area contributed by atoms with Crippen LogP contribution in [0.2, 0.25) is 0 Å². The largest absolute Gasteiger partial charge is 0.380 e. The van der Waals surface area contributed by atoms with Crippen molar-refractivity contribution in [2.75, 3.05) is 20.2 Å². The molecule has 130 valence electrons. The van der Waals surface area contributed by atoms with Gasteiger partial charge in [0.05, 0.1) is 6.61 Å². The number of carbonyl (C=O) groups excluding carboxylic acids is 2. The normalized spacial score (nSPS) is 18.5. The van der Waals surface area contributed by atoms with Crippen molar-refractivity contribution in [2.24, 2.45) is 11.8 Å². The molecule has 2 aliphatic rings. The lowest BCUT2D eigenvalue weighted by molar-refractivity contribution is -0.136. The molecule has 24 heavy (non-hydrogen) atoms. The number of amides is 2. The van der Waals surface area contributed by atoms with Crippen molar-refractivity contribution in [1.82, 2.24) is 10.2 Å². The minimum atomic E-state index is 0.0287. The zero-order valence-corrected chi connectivity index (χ0v) is 14.3. The molecular formula is C19H26N2O3. The molecule has 2 fully saturated rings. The number of piperidine rings is 1. The molecule has 1 saturated heterocycles. The van der Waals surface area contributed by atoms with Gasteiger partial charge in [-0.2, -0.15) is 0 Å². The van der Waals surface area contributed by atoms with Crippen molar-refractivity contribution in [2.45, 2.75) is 38.8 Å². The summed E-state index contributed by atoms with van der Waals surface area (Å²) in [6.07, 6.45) is 3.64. The Morgan fingerprint density at radius 3 is 2.25 bits per heavy atom. The van der Waals surface area contributed by atoms with E-state index in [0.29, 0.717) is 19.1 Å². The zero-order chi connectivity index (χ0) is 16.9. The van der Waals surface area contributed by atoms with Gasteiger partial charge in [0, 0.05) is 38.6 Å². The maximum absolute atomic E-state index is 12.3. The van der Waals surface area contributed by atoms with Crippen LogP contribution in [-0.2, 0) is 27.5 Å². The number of hydrogen-bond acceptors (Lipinski definition) is 3. The summed E-state index contributed by atoms with van der Waals surface area (Å²) in [4.78, 5) is 26.3. The molecule has 5 nitrogen and oxygen atoms in total. The van der Waals surface area contributed by atoms with Crippen LogP contribution in [0.25, 0.3) is 0 Å². The molecule has 5 heteroatoms. The second-order valence-corrected chi connectivity index (χ2v) is 6.84. The van der Waals surface area contributed by atoms with Gasteiger partial charge in [-0.05, 0) is 36.8 Å². The Morgan fingerprint density at radius 2 is 1.67 bits per heavy atom. The number of ether oxygens (including phenoxy) is 1. The van der Waals surface area contributed by atoms with Gasteiger partial charge in [0.2, 0.25) is 11.8 Å². The Labute approximate surface area is 143 Å². The number of nitrogens with zero attached hydrogens (tertiary/aromatic N) is 1. The molecule has 0 radical (unpaired) electrons. The monoisotopic (exact) mass is 330 g/mol. The van der Waals surface area contributed by atoms with E-state index in [0.717, 1.165) is 49.9 Å². The van der Waals surface area contributed by atoms with Crippen LogP contribution in [0.15, 0.2) is 24.3 Å². The van der Waals surface area contributed by atoms with E-state index in [1.807, 2.05) is 29.2 Å². The first kappa shape index (κ1) is 17.0. The fraction of sp³-hybridized carbons (Fsp3) is 0.579. The second kappa shape index (κ2) is 7.79. The molecule has 1 aliphatic heterocycles. The number of hydrogen-bond donors (Lipinski definition) is 1. The molecule has 2 amide bonds. The second-order valence-electron chi connectivity index (χ2n) is 6.84. The van der Waals surface area contributed by atoms with Gasteiger partial charge in [0.1, 0.15) is 0 Å². The predicted octanol–water partition coefficient (Wildman–Crippen LogP) is 2.10. The molecule has 1 aromatic rings. The highest BCUT2D eigenvalue weighted by Gasteiger charge is 2.35. The number of likely N-dealkylation sites (tertiary alicyclic amines) is 1. The summed E-state index contributed by atoms with van der Waals surface area (Å²) < 4.78 is 5.09. The summed E-state index contributed by atoms with van der Waals surface area (Å²) in [5, 5.41) is 3.03. The van der Waals surface area contributed by atoms with Crippen molar-refractivity contribution >= 4 is 11.8 Å². The van der Waals surface area contributed by atoms with E-state index in [4.69, 9.17) is 4.74 Å². The van der Waals surface area contributed by atoms with Crippen molar-refractivity contribution in [3.05, 3.63) is 35.4 Å². The first-order chi connectivity index (χ1) is 11.7. The maximum Gasteiger partial charge on any atom is 0.225 e. The molecule has 0 atom stereocenters. The fourth-order valence-corrected chi connectivity index (χ4v) is 3.20. The third-order valence-corrected chi connectivity index (χ3v) is 4.90. The van der Waals surface area contributed by atoms with E-state index in [1.165, 1.54) is 0 Å². The minimum absolute atomic E-state index is 0.0287. The van der Waals surface area contributed by atoms with Crippen LogP contribution in [-0.4, -0.2) is 36.9 Å². The van der Waals surface area contributed by atoms with Crippen LogP contribution in [0.5, 0.6) is 0 Å². The topological polar surface area (TPSA) is 58.6 Å². The van der Waals surface area contributed by atoms with E-state index in [2.05, 4.69) is 5.32 Å². The van der Waals surface area contributed by atoms with Gasteiger partial charge >= 0.3 is 0 Å². The average Bonchev–Trinajstić information content (AvgIpc) is 3.46. The highest BCUT2D eigenvalue weighted by molar-refractivity contribution is 5.82. The first-order valence-electron chi connectivity index (χ1n) is 8.80. The smallest absolute Gasteiger partial charge is 0.225 e. The predicted molar refractivity (Wildman–Crippen MR) is 91.0 cm³/mol. The summed E-state index contributed by atoms with van der Waals surface area (Å²) in [5.41, 5.74) is 2.21. The standard InChI is InChI=1S/C19H26N2O3/c1-24-13-15-4-2-14(3-5-15)12-20-18(22)16-8-10-21(11-9-16)19(23)17-6-7-17/h2-5,16-17H,6-13H2,1H3,(H,20,22). The molecule has 0 aromatic heterocycles. The number of nitrogens with one attached hydrogen (secondary N) is 1. The number of carbonyl (C=O) groups is 2. The van der Waals surface area contributed by atoms with Gasteiger partial charge in [0.15, 0.2) is 0 Å². The Kier molecular flexibility index (Phi) is 5.51. The Hall–Kier alpha value is -1.88. The molecule has 1 heterocycles. The summed E-state index contributed by atoms with van der Waals surface area (Å²) in [7, 11) is 1.68. The van der Waals surface area contributed by atoms with Crippen LogP contribution < -0.4 is 5.32 Å². The van der Waals surface area contributed by atoms with Crippen LogP contribution in [0, 0.1) is 11.8 Å². The molecule has 0 bridgehead atoms. The van der Waals surface area contributed by atoms with Gasteiger partial charge in [-0.1, -0.05) is 24.3 Å². The van der Waals surface area contributed by atoms with Crippen LogP contribution in [0.3, 0.4) is 0 Å². The Balaban J connectivity index is 1.41. The van der Waals surface area contributed by atoms with Crippen LogP contribution in [0.1, 0.15) is 36.8 Å². The third kappa shape index (κ3) is 4.35. The SMILES string of the molecule is COCc1ccc(CNC(=O)C2CCN(C(=O)C3CC3)CC2)cc1. The van der Waals surface area contributed by atoms with Gasteiger partial charge in [-0.3, -0.25) is 9.59 Å². The Morgan fingerprint density at radius 1 is 1.04 bits per heavy atom. The summed E-state index contributed by atoms with van der Waals surface area (Å²) in [6, 6.07) is 8.08. The lowest BCUT2D eigenvalue weighted by Crippen LogP contribution is -2.43. The molecule has 3 rings (SSSR count). The van der Waals surface area contributed by atoms with E-state index in [9.17, 15) is 9.59 Å². The average molecular weight is 330 g/mol. The van der Waals surface area contributed by atoms with E-state index < -0.39 is 0 Å². The van der Waals surface area contributed by atoms with Crippen molar-refractivity contribution in [1.29, 1.82) is 0 Å². The number of methoxy groups -OCH3 is 1. The zero-order valence-electron chi connectivity index (χ0n) is 14.3. The van der Waals surface area contributed by atoms with E-state index in [-0.39, 0.29) is 17.7 Å². The molecule has 1 aliphatic carbocycles. The summed E-state index contributed by atoms with van der Waals surface area (Å²) in [6.45, 7) is 2.59. The van der Waals surface area contributed by atoms with E-state index in [1.54, 1.807) is 7.11 Å². The molecule has 1 aromatic carbocycles. The number of benzene rings is 1. The number of rotatable bonds is 6. The van der Waals surface area contributed by atoms with Gasteiger partial charge in [-0.15, -0.1) is 0 Å². The van der Waals surface area contributed by atoms with Crippen LogP contribution in [0.4, 0.5) is 0 Å². The molecule has 0 unspecified atom stereocenters. The molecular weight excluding hydrogens is 304 g/mol. The fourth-order valence-electron chi connectivity index (χ4n) is 3.20. The van der Waals surface area contributed by atoms with Gasteiger partial charge in [0.25, 0.3) is 0 Å². The maximum atomic E-state index is 12.3. The summed E-state index contributed by atoms with van der Waals surface area (Å²) in [5.74, 6) is 0.706. The molecule has 0 spiro atoms. The quantitative estimate of drug-likeness (QED) is 0.869. The lowest BCUT2D eigenvalue weighted by Gasteiger charge is -2.31. The summed E-state index contributed by atoms with van der Waals surface area (Å²) >= 11 is 0. The Bertz CT molecular complexity index is 573. The highest BCUT2D eigenvalue weighted by atomic mass is 16.5. The highest BCUT2D eigenvalue weighted by Crippen LogP contribution is 2.32. The van der Waals surface area contributed by atoms with Gasteiger partial charge < -0.3 is 15.0 Å². The third-order valence-electron chi connectivity index (χ3n) is 4.90.